The summed E-state index contributed by atoms with van der Waals surface area (Å²) < 4.78 is 23.0. The van der Waals surface area contributed by atoms with Gasteiger partial charge in [-0.2, -0.15) is 23.5 Å². The molecule has 12 N–H and O–H groups in total. The number of carboxylic acid groups (broad SMARTS) is 1. The predicted octanol–water partition coefficient (Wildman–Crippen LogP) is -6.50. The number of ketones is 1. The number of aliphatic hydroxyl groups excluding tert-OH is 6. The first kappa shape index (κ1) is 82.7. The van der Waals surface area contributed by atoms with Gasteiger partial charge in [-0.3, -0.25) is 28.8 Å². The van der Waals surface area contributed by atoms with Crippen molar-refractivity contribution in [3.63, 3.8) is 0 Å². The van der Waals surface area contributed by atoms with Gasteiger partial charge in [0.25, 0.3) is 17.7 Å². The van der Waals surface area contributed by atoms with Crippen LogP contribution in [0.4, 0.5) is 0 Å². The molecule has 0 unspecified atom stereocenters. The van der Waals surface area contributed by atoms with E-state index in [1.807, 2.05) is 12.1 Å². The van der Waals surface area contributed by atoms with Crippen LogP contribution in [0.1, 0.15) is 84.2 Å². The van der Waals surface area contributed by atoms with Crippen LogP contribution in [0.15, 0.2) is 109 Å². The summed E-state index contributed by atoms with van der Waals surface area (Å²) in [5.74, 6) is 2.55. The second-order valence-corrected chi connectivity index (χ2v) is 23.8. The molecule has 496 valence electrons. The van der Waals surface area contributed by atoms with Crippen LogP contribution in [0.25, 0.3) is 11.1 Å². The molecule has 2 aliphatic heterocycles. The van der Waals surface area contributed by atoms with Gasteiger partial charge in [-0.25, -0.2) is 6.29 Å². The number of carbonyl (C=O) groups is 7. The molecule has 0 bridgehead atoms. The molecule has 5 amide bonds. The number of aliphatic carboxylic acids is 1. The topological polar surface area (TPSA) is 408 Å². The van der Waals surface area contributed by atoms with Crippen LogP contribution in [0.3, 0.4) is 0 Å². The van der Waals surface area contributed by atoms with Gasteiger partial charge < -0.3 is 96.3 Å². The van der Waals surface area contributed by atoms with Gasteiger partial charge in [0.2, 0.25) is 17.6 Å². The second kappa shape index (κ2) is 42.2. The Morgan fingerprint density at radius 2 is 1.06 bits per heavy atom. The first-order chi connectivity index (χ1) is 43.6. The number of hydrogen-bond acceptors (Lipinski definition) is 22. The van der Waals surface area contributed by atoms with E-state index >= 15 is 0 Å². The number of nitrogens with one attached hydrogen (secondary N) is 5. The van der Waals surface area contributed by atoms with Crippen molar-refractivity contribution in [3.05, 3.63) is 131 Å². The summed E-state index contributed by atoms with van der Waals surface area (Å²) in [7, 11) is 0. The van der Waals surface area contributed by atoms with E-state index < -0.39 is 128 Å². The van der Waals surface area contributed by atoms with Crippen molar-refractivity contribution in [1.29, 1.82) is 0 Å². The quantitative estimate of drug-likeness (QED) is 0.00712. The number of ether oxygens (including phenoxy) is 4. The number of Topliss-reactive ketones (excluding diaryl/α,β-unsaturated/α-hetero) is 1. The van der Waals surface area contributed by atoms with Gasteiger partial charge in [-0.15, -0.1) is 0 Å². The summed E-state index contributed by atoms with van der Waals surface area (Å²) in [6.45, 7) is 1.40. The Bertz CT molecular complexity index is 3220. The maximum absolute atomic E-state index is 13.1. The van der Waals surface area contributed by atoms with Gasteiger partial charge in [0.15, 0.2) is 5.78 Å². The van der Waals surface area contributed by atoms with Crippen molar-refractivity contribution in [2.45, 2.75) is 125 Å². The summed E-state index contributed by atoms with van der Waals surface area (Å²) in [6.07, 6.45) is -11.5. The number of carboxylic acids is 1. The molecule has 2 saturated heterocycles. The molecular weight excluding hydrogens is 1280 g/mol. The Kier molecular flexibility index (Phi) is 37.1. The molecule has 2 aliphatic rings. The first-order valence-electron chi connectivity index (χ1n) is 29.4. The van der Waals surface area contributed by atoms with Crippen molar-refractivity contribution in [2.75, 3.05) is 55.9 Å². The average Bonchev–Trinajstić information content (AvgIpc) is 0.780. The fourth-order valence-corrected chi connectivity index (χ4v) is 11.4. The summed E-state index contributed by atoms with van der Waals surface area (Å²) in [4.78, 5) is 99.6. The largest absolute Gasteiger partial charge is 1.00 e. The average molecular weight is 1360 g/mol. The van der Waals surface area contributed by atoms with Crippen LogP contribution in [-0.2, 0) is 47.7 Å². The smallest absolute Gasteiger partial charge is 0.870 e. The van der Waals surface area contributed by atoms with Gasteiger partial charge in [0.1, 0.15) is 30.4 Å². The fourth-order valence-electron chi connectivity index (χ4n) is 9.73. The summed E-state index contributed by atoms with van der Waals surface area (Å²) in [5.41, 5.74) is 3.76. The van der Waals surface area contributed by atoms with Crippen molar-refractivity contribution in [2.24, 2.45) is 0 Å². The maximum Gasteiger partial charge on any atom is 1.00 e. The normalized spacial score (nSPS) is 21.6. The number of carbonyl (C=O) groups excluding carboxylic acids is 8. The second-order valence-electron chi connectivity index (χ2n) is 21.4. The van der Waals surface area contributed by atoms with E-state index in [1.54, 1.807) is 103 Å². The third-order valence-corrected chi connectivity index (χ3v) is 16.6. The zero-order valence-electron chi connectivity index (χ0n) is 52.5. The minimum Gasteiger partial charge on any atom is -0.870 e. The minimum absolute atomic E-state index is 0. The van der Waals surface area contributed by atoms with E-state index in [4.69, 9.17) is 18.9 Å². The molecule has 2 fully saturated rings. The van der Waals surface area contributed by atoms with Crippen LogP contribution >= 0.6 is 23.5 Å². The van der Waals surface area contributed by atoms with Gasteiger partial charge >= 0.3 is 59.1 Å². The summed E-state index contributed by atoms with van der Waals surface area (Å²) in [6, 6.07) is 28.8. The zero-order chi connectivity index (χ0) is 65.9. The Morgan fingerprint density at radius 1 is 0.617 bits per heavy atom. The number of aliphatic hydroxyl groups is 6. The predicted molar refractivity (Wildman–Crippen MR) is 335 cm³/mol. The van der Waals surface area contributed by atoms with Crippen LogP contribution in [-0.4, -0.2) is 212 Å². The van der Waals surface area contributed by atoms with E-state index in [9.17, 15) is 74.1 Å². The Morgan fingerprint density at radius 3 is 1.54 bits per heavy atom. The molecule has 29 heteroatoms. The number of thioether (sulfide) groups is 2. The van der Waals surface area contributed by atoms with E-state index in [-0.39, 0.29) is 95.9 Å². The molecule has 12 atom stereocenters. The monoisotopic (exact) mass is 1360 g/mol. The molecular formula is C65H76N5Na2O20S2-. The van der Waals surface area contributed by atoms with Crippen LogP contribution < -0.4 is 90.8 Å². The van der Waals surface area contributed by atoms with Gasteiger partial charge in [-0.05, 0) is 84.0 Å². The number of benzene rings is 4. The standard InChI is InChI=1S/C65H76N5O19S2.2Na.H2O/c1-41(72)69-56-50(75)36-64(40-71,88-60(56)58(81)52(77)38-67-54(79)27-17-43-12-5-3-6-13-43)86-30-10-34-91-35-29-66-62(83)48-25-21-46(22-26-48)45-19-23-47(24-20-45)49(74)16-9-32-90-33-11-31-87-65(63(84)85)37-51(76)57(70-42(2)73)61(89-65)59(82)53(78)39-68-55(80)28-18-44-14-7-4-8-15-44;;;/h3-8,12-15,19-26,50-53,56-61,75-78,81-82H,9-11,16,29-39H2,1-2H3,(H,66,83)(H,67,79)(H,68,80)(H,69,72)(H,70,73)(H,84,85);;;1H2/q-1;2*+1;/p-2/t50-,51-,52+,53+,56+,57+,58+,59+,60+,61+,64+,65+;;;/m0.../s1. The first-order valence-corrected chi connectivity index (χ1v) is 31.7. The SMILES string of the molecule is CC(=O)N[C@H]1[C@H]([C@H](O)[C@H](O)CNC(=O)C#Cc2ccccc2)O[C@]([C-]=O)(OCCCSCCNC(=O)c2ccc(-c3ccc(C(=O)CCCSCCCO[C@]4(C(=O)[O-])C[C@H](O)[C@@H](NC(C)=O)[C@H]([C@H](O)[C@H](O)CNC(=O)C#Cc5ccccc5)O4)cc3)cc2)C[C@@H]1O.[Na+].[Na+].[OH-]. The molecule has 6 rings (SSSR count). The number of amides is 5. The third-order valence-electron chi connectivity index (χ3n) is 14.4. The molecule has 0 saturated carbocycles. The number of hydrogen-bond donors (Lipinski definition) is 11. The zero-order valence-corrected chi connectivity index (χ0v) is 58.2. The van der Waals surface area contributed by atoms with E-state index in [0.29, 0.717) is 71.1 Å². The van der Waals surface area contributed by atoms with Crippen LogP contribution in [0, 0.1) is 23.7 Å². The molecule has 0 spiro atoms. The van der Waals surface area contributed by atoms with Crippen molar-refractivity contribution >= 4 is 71.1 Å². The van der Waals surface area contributed by atoms with Gasteiger partial charge in [-0.1, -0.05) is 84.6 Å². The van der Waals surface area contributed by atoms with Crippen molar-refractivity contribution in [1.82, 2.24) is 26.6 Å². The molecule has 0 radical (unpaired) electrons. The molecule has 0 aliphatic carbocycles. The molecule has 2 heterocycles. The van der Waals surface area contributed by atoms with E-state index in [0.717, 1.165) is 18.1 Å². The fraction of sp³-hybridized carbons (Fsp3) is 0.446. The summed E-state index contributed by atoms with van der Waals surface area (Å²) >= 11 is 3.00. The molecule has 0 aromatic heterocycles. The van der Waals surface area contributed by atoms with E-state index in [1.165, 1.54) is 30.4 Å². The summed E-state index contributed by atoms with van der Waals surface area (Å²) in [5, 5.41) is 91.0. The molecule has 4 aromatic carbocycles. The third kappa shape index (κ3) is 26.1. The van der Waals surface area contributed by atoms with Gasteiger partial charge in [0.05, 0.1) is 48.9 Å². The number of rotatable bonds is 32. The Hall–Kier alpha value is -5.58. The molecule has 25 nitrogen and oxygen atoms in total. The maximum atomic E-state index is 13.1. The van der Waals surface area contributed by atoms with E-state index in [2.05, 4.69) is 50.3 Å². The van der Waals surface area contributed by atoms with Crippen molar-refractivity contribution < 1.29 is 158 Å². The molecule has 4 aromatic rings. The Labute approximate surface area is 597 Å². The Balaban J connectivity index is 0.00000768. The molecule has 94 heavy (non-hydrogen) atoms. The van der Waals surface area contributed by atoms with Crippen LogP contribution in [0.5, 0.6) is 0 Å². The van der Waals surface area contributed by atoms with Crippen LogP contribution in [0.2, 0.25) is 0 Å². The van der Waals surface area contributed by atoms with Gasteiger partial charge in [0, 0.05) is 99.2 Å². The van der Waals surface area contributed by atoms with Crippen molar-refractivity contribution in [3.8, 4) is 34.8 Å². The minimum atomic E-state index is -2.57.